The Balaban J connectivity index is 1.41. The molecule has 0 fully saturated rings. The summed E-state index contributed by atoms with van der Waals surface area (Å²) in [7, 11) is 3.12. The summed E-state index contributed by atoms with van der Waals surface area (Å²) < 4.78 is 23.1. The second-order valence-electron chi connectivity index (χ2n) is 6.11. The zero-order valence-electron chi connectivity index (χ0n) is 16.3. The van der Waals surface area contributed by atoms with Crippen LogP contribution >= 0.6 is 11.8 Å². The van der Waals surface area contributed by atoms with Gasteiger partial charge >= 0.3 is 0 Å². The van der Waals surface area contributed by atoms with Crippen LogP contribution in [0.5, 0.6) is 23.0 Å². The normalized spacial score (nSPS) is 12.3. The van der Waals surface area contributed by atoms with E-state index in [2.05, 4.69) is 20.8 Å². The van der Waals surface area contributed by atoms with E-state index in [1.807, 2.05) is 0 Å². The molecule has 2 aromatic carbocycles. The van der Waals surface area contributed by atoms with Crippen molar-refractivity contribution in [3.8, 4) is 28.7 Å². The van der Waals surface area contributed by atoms with Crippen molar-refractivity contribution in [2.24, 2.45) is 0 Å². The van der Waals surface area contributed by atoms with Crippen molar-refractivity contribution in [2.75, 3.05) is 38.5 Å². The lowest BCUT2D eigenvalue weighted by Gasteiger charge is -2.18. The molecule has 1 amide bonds. The third-order valence-electron chi connectivity index (χ3n) is 4.21. The van der Waals surface area contributed by atoms with Crippen LogP contribution in [0.15, 0.2) is 41.6 Å². The first-order valence-electron chi connectivity index (χ1n) is 9.01. The van der Waals surface area contributed by atoms with E-state index in [0.29, 0.717) is 52.7 Å². The van der Waals surface area contributed by atoms with Crippen LogP contribution in [-0.4, -0.2) is 59.3 Å². The SMILES string of the molecule is COc1ccc(-n2nnnc2SCC(=O)Nc2ccc3c(c2)OCCO3)cc1OC. The molecule has 0 unspecified atom stereocenters. The number of nitrogens with zero attached hydrogens (tertiary/aromatic N) is 4. The fraction of sp³-hybridized carbons (Fsp3) is 0.263. The van der Waals surface area contributed by atoms with Gasteiger partial charge in [-0.1, -0.05) is 11.8 Å². The average Bonchev–Trinajstić information content (AvgIpc) is 3.26. The third-order valence-corrected chi connectivity index (χ3v) is 5.13. The Morgan fingerprint density at radius 2 is 1.90 bits per heavy atom. The van der Waals surface area contributed by atoms with Gasteiger partial charge in [0.15, 0.2) is 23.0 Å². The number of hydrogen-bond acceptors (Lipinski definition) is 9. The highest BCUT2D eigenvalue weighted by molar-refractivity contribution is 7.99. The van der Waals surface area contributed by atoms with Crippen molar-refractivity contribution in [1.29, 1.82) is 0 Å². The molecule has 1 N–H and O–H groups in total. The minimum Gasteiger partial charge on any atom is -0.493 e. The van der Waals surface area contributed by atoms with Crippen LogP contribution in [0.4, 0.5) is 5.69 Å². The van der Waals surface area contributed by atoms with Gasteiger partial charge in [0, 0.05) is 17.8 Å². The second kappa shape index (κ2) is 8.91. The number of amides is 1. The standard InChI is InChI=1S/C19H19N5O5S/c1-26-14-6-4-13(10-16(14)27-2)24-19(21-22-23-24)30-11-18(25)20-12-3-5-15-17(9-12)29-8-7-28-15/h3-6,9-10H,7-8,11H2,1-2H3,(H,20,25). The number of fused-ring (bicyclic) bond motifs is 1. The summed E-state index contributed by atoms with van der Waals surface area (Å²) in [5.41, 5.74) is 1.32. The van der Waals surface area contributed by atoms with E-state index in [1.165, 1.54) is 16.4 Å². The minimum atomic E-state index is -0.196. The number of benzene rings is 2. The minimum absolute atomic E-state index is 0.127. The molecule has 0 saturated carbocycles. The number of rotatable bonds is 7. The first kappa shape index (κ1) is 19.8. The van der Waals surface area contributed by atoms with Gasteiger partial charge in [-0.05, 0) is 34.7 Å². The fourth-order valence-corrected chi connectivity index (χ4v) is 3.53. The molecule has 1 aliphatic rings. The van der Waals surface area contributed by atoms with Gasteiger partial charge in [0.05, 0.1) is 25.7 Å². The van der Waals surface area contributed by atoms with Gasteiger partial charge in [0.25, 0.3) is 0 Å². The Hall–Kier alpha value is -3.47. The van der Waals surface area contributed by atoms with Crippen LogP contribution in [0.2, 0.25) is 0 Å². The van der Waals surface area contributed by atoms with Crippen molar-refractivity contribution in [2.45, 2.75) is 5.16 Å². The zero-order valence-corrected chi connectivity index (χ0v) is 17.1. The topological polar surface area (TPSA) is 110 Å². The number of hydrogen-bond donors (Lipinski definition) is 1. The Morgan fingerprint density at radius 1 is 1.10 bits per heavy atom. The van der Waals surface area contributed by atoms with Crippen LogP contribution in [0.1, 0.15) is 0 Å². The van der Waals surface area contributed by atoms with Crippen LogP contribution in [0.3, 0.4) is 0 Å². The molecule has 3 aromatic rings. The van der Waals surface area contributed by atoms with E-state index in [9.17, 15) is 4.79 Å². The molecule has 1 aliphatic heterocycles. The summed E-state index contributed by atoms with van der Waals surface area (Å²) in [6, 6.07) is 10.6. The van der Waals surface area contributed by atoms with Crippen LogP contribution in [-0.2, 0) is 4.79 Å². The second-order valence-corrected chi connectivity index (χ2v) is 7.05. The third kappa shape index (κ3) is 4.25. The van der Waals surface area contributed by atoms with Crippen molar-refractivity contribution < 1.29 is 23.7 Å². The number of nitrogens with one attached hydrogen (secondary N) is 1. The molecule has 10 nitrogen and oxygen atoms in total. The Morgan fingerprint density at radius 3 is 2.70 bits per heavy atom. The maximum absolute atomic E-state index is 12.4. The molecule has 0 radical (unpaired) electrons. The highest BCUT2D eigenvalue weighted by Gasteiger charge is 2.16. The maximum Gasteiger partial charge on any atom is 0.234 e. The Kier molecular flexibility index (Phi) is 5.89. The number of anilines is 1. The summed E-state index contributed by atoms with van der Waals surface area (Å²) in [6.07, 6.45) is 0. The maximum atomic E-state index is 12.4. The Labute approximate surface area is 176 Å². The van der Waals surface area contributed by atoms with Crippen molar-refractivity contribution >= 4 is 23.4 Å². The van der Waals surface area contributed by atoms with E-state index < -0.39 is 0 Å². The average molecular weight is 429 g/mol. The Bertz CT molecular complexity index is 1060. The van der Waals surface area contributed by atoms with Gasteiger partial charge in [-0.25, -0.2) is 0 Å². The highest BCUT2D eigenvalue weighted by atomic mass is 32.2. The summed E-state index contributed by atoms with van der Waals surface area (Å²) in [4.78, 5) is 12.4. The predicted molar refractivity (Wildman–Crippen MR) is 109 cm³/mol. The molecule has 0 saturated heterocycles. The van der Waals surface area contributed by atoms with Gasteiger partial charge in [-0.15, -0.1) is 5.10 Å². The molecule has 4 rings (SSSR count). The fourth-order valence-electron chi connectivity index (χ4n) is 2.84. The number of carbonyl (C=O) groups excluding carboxylic acids is 1. The number of ether oxygens (including phenoxy) is 4. The zero-order chi connectivity index (χ0) is 20.9. The first-order chi connectivity index (χ1) is 14.7. The van der Waals surface area contributed by atoms with Crippen LogP contribution < -0.4 is 24.3 Å². The van der Waals surface area contributed by atoms with Crippen LogP contribution in [0.25, 0.3) is 5.69 Å². The van der Waals surface area contributed by atoms with Gasteiger partial charge in [-0.3, -0.25) is 4.79 Å². The van der Waals surface area contributed by atoms with E-state index in [1.54, 1.807) is 50.6 Å². The highest BCUT2D eigenvalue weighted by Crippen LogP contribution is 2.33. The van der Waals surface area contributed by atoms with E-state index in [-0.39, 0.29) is 11.7 Å². The molecule has 0 spiro atoms. The van der Waals surface area contributed by atoms with Gasteiger partial charge in [-0.2, -0.15) is 4.68 Å². The quantitative estimate of drug-likeness (QED) is 0.565. The summed E-state index contributed by atoms with van der Waals surface area (Å²) in [5, 5.41) is 15.0. The van der Waals surface area contributed by atoms with E-state index in [4.69, 9.17) is 18.9 Å². The molecular formula is C19H19N5O5S. The molecule has 156 valence electrons. The number of tetrazole rings is 1. The first-order valence-corrected chi connectivity index (χ1v) is 9.99. The molecule has 0 aliphatic carbocycles. The van der Waals surface area contributed by atoms with Crippen molar-refractivity contribution in [1.82, 2.24) is 20.2 Å². The predicted octanol–water partition coefficient (Wildman–Crippen LogP) is 2.18. The van der Waals surface area contributed by atoms with E-state index >= 15 is 0 Å². The largest absolute Gasteiger partial charge is 0.493 e. The number of methoxy groups -OCH3 is 2. The molecule has 30 heavy (non-hydrogen) atoms. The molecule has 11 heteroatoms. The van der Waals surface area contributed by atoms with Gasteiger partial charge in [0.1, 0.15) is 13.2 Å². The smallest absolute Gasteiger partial charge is 0.234 e. The molecule has 0 bridgehead atoms. The summed E-state index contributed by atoms with van der Waals surface area (Å²) in [5.74, 6) is 2.37. The van der Waals surface area contributed by atoms with Crippen molar-refractivity contribution in [3.63, 3.8) is 0 Å². The van der Waals surface area contributed by atoms with Crippen molar-refractivity contribution in [3.05, 3.63) is 36.4 Å². The number of thioether (sulfide) groups is 1. The van der Waals surface area contributed by atoms with Gasteiger partial charge < -0.3 is 24.3 Å². The van der Waals surface area contributed by atoms with E-state index in [0.717, 1.165) is 0 Å². The lowest BCUT2D eigenvalue weighted by molar-refractivity contribution is -0.113. The summed E-state index contributed by atoms with van der Waals surface area (Å²) >= 11 is 1.21. The molecule has 1 aromatic heterocycles. The summed E-state index contributed by atoms with van der Waals surface area (Å²) in [6.45, 7) is 1.00. The molecular weight excluding hydrogens is 410 g/mol. The van der Waals surface area contributed by atoms with Gasteiger partial charge in [0.2, 0.25) is 11.1 Å². The lowest BCUT2D eigenvalue weighted by Crippen LogP contribution is -2.17. The lowest BCUT2D eigenvalue weighted by atomic mass is 10.2. The monoisotopic (exact) mass is 429 g/mol. The number of carbonyl (C=O) groups is 1. The number of aromatic nitrogens is 4. The molecule has 0 atom stereocenters. The van der Waals surface area contributed by atoms with Crippen LogP contribution in [0, 0.1) is 0 Å². The molecule has 2 heterocycles.